The number of amides is 1. The minimum absolute atomic E-state index is 0.0591. The van der Waals surface area contributed by atoms with Gasteiger partial charge >= 0.3 is 0 Å². The van der Waals surface area contributed by atoms with Crippen molar-refractivity contribution in [2.24, 2.45) is 0 Å². The van der Waals surface area contributed by atoms with Gasteiger partial charge in [-0.1, -0.05) is 6.07 Å². The van der Waals surface area contributed by atoms with Crippen LogP contribution in [0.3, 0.4) is 0 Å². The number of hydrogen-bond acceptors (Lipinski definition) is 2. The summed E-state index contributed by atoms with van der Waals surface area (Å²) >= 11 is 8.14. The Morgan fingerprint density at radius 3 is 3.00 bits per heavy atom. The van der Waals surface area contributed by atoms with E-state index in [0.29, 0.717) is 25.1 Å². The summed E-state index contributed by atoms with van der Waals surface area (Å²) in [6.07, 6.45) is 0.699. The Kier molecular flexibility index (Phi) is 6.84. The average Bonchev–Trinajstić information content (AvgIpc) is 2.29. The maximum atomic E-state index is 11.7. The molecule has 5 heteroatoms. The van der Waals surface area contributed by atoms with E-state index in [0.717, 1.165) is 3.57 Å². The monoisotopic (exact) mass is 367 g/mol. The summed E-state index contributed by atoms with van der Waals surface area (Å²) in [7, 11) is 1.61. The molecule has 0 saturated heterocycles. The van der Waals surface area contributed by atoms with E-state index in [4.69, 9.17) is 16.3 Å². The molecule has 0 aliphatic heterocycles. The smallest absolute Gasteiger partial charge is 0.251 e. The van der Waals surface area contributed by atoms with Crippen molar-refractivity contribution < 1.29 is 9.53 Å². The second-order valence-corrected chi connectivity index (χ2v) is 5.47. The number of ether oxygens (including phenoxy) is 1. The van der Waals surface area contributed by atoms with Crippen molar-refractivity contribution >= 4 is 40.1 Å². The lowest BCUT2D eigenvalue weighted by atomic mass is 10.2. The standard InChI is InChI=1S/C12H15ClINO2/c1-17-8-10(13)5-6-15-12(16)9-3-2-4-11(14)7-9/h2-4,7,10H,5-6,8H2,1H3,(H,15,16). The van der Waals surface area contributed by atoms with Gasteiger partial charge in [0.1, 0.15) is 0 Å². The van der Waals surface area contributed by atoms with E-state index < -0.39 is 0 Å². The molecule has 1 aromatic rings. The fraction of sp³-hybridized carbons (Fsp3) is 0.417. The van der Waals surface area contributed by atoms with Crippen LogP contribution in [0.1, 0.15) is 16.8 Å². The third kappa shape index (κ3) is 5.70. The van der Waals surface area contributed by atoms with Gasteiger partial charge in [-0.05, 0) is 47.2 Å². The first-order valence-electron chi connectivity index (χ1n) is 5.30. The zero-order valence-corrected chi connectivity index (χ0v) is 12.5. The molecule has 1 aromatic carbocycles. The van der Waals surface area contributed by atoms with Crippen LogP contribution in [0.25, 0.3) is 0 Å². The number of rotatable bonds is 6. The van der Waals surface area contributed by atoms with E-state index in [2.05, 4.69) is 27.9 Å². The molecule has 3 nitrogen and oxygen atoms in total. The Balaban J connectivity index is 2.35. The molecular weight excluding hydrogens is 352 g/mol. The van der Waals surface area contributed by atoms with Crippen LogP contribution in [0.15, 0.2) is 24.3 Å². The van der Waals surface area contributed by atoms with Crippen LogP contribution in [0.5, 0.6) is 0 Å². The molecule has 1 N–H and O–H groups in total. The summed E-state index contributed by atoms with van der Waals surface area (Å²) in [5.41, 5.74) is 0.676. The fourth-order valence-corrected chi connectivity index (χ4v) is 2.12. The van der Waals surface area contributed by atoms with Gasteiger partial charge in [0.25, 0.3) is 5.91 Å². The first kappa shape index (κ1) is 14.7. The van der Waals surface area contributed by atoms with E-state index in [1.807, 2.05) is 18.2 Å². The van der Waals surface area contributed by atoms with Gasteiger partial charge in [-0.15, -0.1) is 11.6 Å². The lowest BCUT2D eigenvalue weighted by Crippen LogP contribution is -2.27. The zero-order chi connectivity index (χ0) is 12.7. The SMILES string of the molecule is COCC(Cl)CCNC(=O)c1cccc(I)c1. The molecule has 0 spiro atoms. The Morgan fingerprint density at radius 2 is 2.35 bits per heavy atom. The number of carbonyl (C=O) groups is 1. The molecule has 0 heterocycles. The first-order chi connectivity index (χ1) is 8.13. The van der Waals surface area contributed by atoms with Crippen LogP contribution >= 0.6 is 34.2 Å². The second kappa shape index (κ2) is 7.89. The summed E-state index contributed by atoms with van der Waals surface area (Å²) in [6.45, 7) is 1.06. The average molecular weight is 368 g/mol. The van der Waals surface area contributed by atoms with E-state index in [9.17, 15) is 4.79 Å². The minimum Gasteiger partial charge on any atom is -0.383 e. The number of alkyl halides is 1. The summed E-state index contributed by atoms with van der Waals surface area (Å²) in [4.78, 5) is 11.7. The summed E-state index contributed by atoms with van der Waals surface area (Å²) in [6, 6.07) is 7.46. The van der Waals surface area contributed by atoms with E-state index in [1.165, 1.54) is 0 Å². The van der Waals surface area contributed by atoms with Gasteiger partial charge in [-0.2, -0.15) is 0 Å². The van der Waals surface area contributed by atoms with Gasteiger partial charge in [-0.3, -0.25) is 4.79 Å². The zero-order valence-electron chi connectivity index (χ0n) is 9.58. The summed E-state index contributed by atoms with van der Waals surface area (Å²) in [5.74, 6) is -0.0650. The van der Waals surface area contributed by atoms with E-state index in [-0.39, 0.29) is 11.3 Å². The number of hydrogen-bond donors (Lipinski definition) is 1. The summed E-state index contributed by atoms with van der Waals surface area (Å²) in [5, 5.41) is 2.77. The van der Waals surface area contributed by atoms with Crippen LogP contribution in [0, 0.1) is 3.57 Å². The van der Waals surface area contributed by atoms with E-state index in [1.54, 1.807) is 13.2 Å². The molecule has 0 saturated carbocycles. The molecule has 1 amide bonds. The van der Waals surface area contributed by atoms with Crippen LogP contribution in [-0.4, -0.2) is 31.5 Å². The molecule has 0 bridgehead atoms. The molecule has 1 atom stereocenters. The van der Waals surface area contributed by atoms with Crippen molar-refractivity contribution in [3.05, 3.63) is 33.4 Å². The maximum Gasteiger partial charge on any atom is 0.251 e. The highest BCUT2D eigenvalue weighted by Gasteiger charge is 2.07. The van der Waals surface area contributed by atoms with Gasteiger partial charge in [0.05, 0.1) is 12.0 Å². The number of halogens is 2. The number of methoxy groups -OCH3 is 1. The highest BCUT2D eigenvalue weighted by molar-refractivity contribution is 14.1. The minimum atomic E-state index is -0.0650. The molecule has 0 radical (unpaired) electrons. The second-order valence-electron chi connectivity index (χ2n) is 3.61. The van der Waals surface area contributed by atoms with Gasteiger partial charge in [0, 0.05) is 22.8 Å². The molecule has 0 aromatic heterocycles. The van der Waals surface area contributed by atoms with Gasteiger partial charge in [0.2, 0.25) is 0 Å². The fourth-order valence-electron chi connectivity index (χ4n) is 1.34. The van der Waals surface area contributed by atoms with Crippen molar-refractivity contribution in [2.75, 3.05) is 20.3 Å². The highest BCUT2D eigenvalue weighted by atomic mass is 127. The third-order valence-electron chi connectivity index (χ3n) is 2.18. The Hall–Kier alpha value is -0.330. The highest BCUT2D eigenvalue weighted by Crippen LogP contribution is 2.08. The number of carbonyl (C=O) groups excluding carboxylic acids is 1. The molecule has 17 heavy (non-hydrogen) atoms. The van der Waals surface area contributed by atoms with Gasteiger partial charge in [0.15, 0.2) is 0 Å². The van der Waals surface area contributed by atoms with Gasteiger partial charge < -0.3 is 10.1 Å². The topological polar surface area (TPSA) is 38.3 Å². The quantitative estimate of drug-likeness (QED) is 0.620. The Morgan fingerprint density at radius 1 is 1.59 bits per heavy atom. The number of benzene rings is 1. The molecule has 0 aliphatic carbocycles. The molecule has 0 aliphatic rings. The van der Waals surface area contributed by atoms with Crippen molar-refractivity contribution in [1.82, 2.24) is 5.32 Å². The number of nitrogens with one attached hydrogen (secondary N) is 1. The maximum absolute atomic E-state index is 11.7. The van der Waals surface area contributed by atoms with Crippen molar-refractivity contribution in [3.63, 3.8) is 0 Å². The lowest BCUT2D eigenvalue weighted by Gasteiger charge is -2.09. The molecule has 94 valence electrons. The van der Waals surface area contributed by atoms with Crippen molar-refractivity contribution in [1.29, 1.82) is 0 Å². The van der Waals surface area contributed by atoms with Crippen LogP contribution in [0.4, 0.5) is 0 Å². The van der Waals surface area contributed by atoms with Crippen LogP contribution in [-0.2, 0) is 4.74 Å². The lowest BCUT2D eigenvalue weighted by molar-refractivity contribution is 0.0951. The Labute approximate surface area is 120 Å². The summed E-state index contributed by atoms with van der Waals surface area (Å²) < 4.78 is 5.96. The molecular formula is C12H15ClINO2. The van der Waals surface area contributed by atoms with Crippen molar-refractivity contribution in [2.45, 2.75) is 11.8 Å². The van der Waals surface area contributed by atoms with Crippen LogP contribution in [0.2, 0.25) is 0 Å². The first-order valence-corrected chi connectivity index (χ1v) is 6.81. The third-order valence-corrected chi connectivity index (χ3v) is 3.19. The Bertz CT molecular complexity index is 373. The molecule has 1 rings (SSSR count). The largest absolute Gasteiger partial charge is 0.383 e. The van der Waals surface area contributed by atoms with Gasteiger partial charge in [-0.25, -0.2) is 0 Å². The predicted octanol–water partition coefficient (Wildman–Crippen LogP) is 2.66. The van der Waals surface area contributed by atoms with Crippen molar-refractivity contribution in [3.8, 4) is 0 Å². The van der Waals surface area contributed by atoms with Crippen LogP contribution < -0.4 is 5.32 Å². The predicted molar refractivity (Wildman–Crippen MR) is 77.6 cm³/mol. The molecule has 1 unspecified atom stereocenters. The van der Waals surface area contributed by atoms with E-state index >= 15 is 0 Å². The molecule has 0 fully saturated rings. The normalized spacial score (nSPS) is 12.2.